The zero-order chi connectivity index (χ0) is 28.5. The summed E-state index contributed by atoms with van der Waals surface area (Å²) in [6.45, 7) is 2.76. The van der Waals surface area contributed by atoms with Crippen LogP contribution in [0.3, 0.4) is 0 Å². The Bertz CT molecular complexity index is 1330. The molecular formula is C35H42N4O2. The summed E-state index contributed by atoms with van der Waals surface area (Å²) in [5.74, 6) is 0.736. The Morgan fingerprint density at radius 1 is 0.829 bits per heavy atom. The summed E-state index contributed by atoms with van der Waals surface area (Å²) in [6.07, 6.45) is 15.1. The van der Waals surface area contributed by atoms with Gasteiger partial charge in [-0.05, 0) is 48.4 Å². The fourth-order valence-electron chi connectivity index (χ4n) is 4.69. The maximum absolute atomic E-state index is 12.4. The number of hydrogen-bond donors (Lipinski definition) is 1. The number of ether oxygens (including phenoxy) is 1. The van der Waals surface area contributed by atoms with Gasteiger partial charge in [-0.25, -0.2) is 10.1 Å². The third kappa shape index (κ3) is 10.1. The highest BCUT2D eigenvalue weighted by molar-refractivity contribution is 5.89. The van der Waals surface area contributed by atoms with E-state index in [1.807, 2.05) is 95.8 Å². The van der Waals surface area contributed by atoms with Crippen molar-refractivity contribution >= 4 is 12.1 Å². The van der Waals surface area contributed by atoms with Gasteiger partial charge in [-0.2, -0.15) is 10.2 Å². The van der Waals surface area contributed by atoms with Crippen molar-refractivity contribution in [1.82, 2.24) is 15.2 Å². The third-order valence-corrected chi connectivity index (χ3v) is 7.04. The molecular weight excluding hydrogens is 508 g/mol. The molecule has 0 saturated carbocycles. The first-order valence-electron chi connectivity index (χ1n) is 15.0. The van der Waals surface area contributed by atoms with E-state index >= 15 is 0 Å². The van der Waals surface area contributed by atoms with Gasteiger partial charge in [0.05, 0.1) is 11.9 Å². The van der Waals surface area contributed by atoms with Gasteiger partial charge in [0.25, 0.3) is 0 Å². The predicted octanol–water partition coefficient (Wildman–Crippen LogP) is 8.49. The van der Waals surface area contributed by atoms with Gasteiger partial charge >= 0.3 is 0 Å². The average Bonchev–Trinajstić information content (AvgIpc) is 3.44. The monoisotopic (exact) mass is 550 g/mol. The van der Waals surface area contributed by atoms with Crippen molar-refractivity contribution in [3.8, 4) is 22.7 Å². The predicted molar refractivity (Wildman–Crippen MR) is 167 cm³/mol. The van der Waals surface area contributed by atoms with Crippen LogP contribution in [0.1, 0.15) is 82.3 Å². The summed E-state index contributed by atoms with van der Waals surface area (Å²) in [4.78, 5) is 12.4. The Morgan fingerprint density at radius 3 is 2.15 bits per heavy atom. The van der Waals surface area contributed by atoms with E-state index in [1.165, 1.54) is 44.9 Å². The van der Waals surface area contributed by atoms with Gasteiger partial charge in [-0.15, -0.1) is 0 Å². The van der Waals surface area contributed by atoms with E-state index in [-0.39, 0.29) is 5.91 Å². The lowest BCUT2D eigenvalue weighted by molar-refractivity contribution is -0.121. The number of nitrogens with zero attached hydrogens (tertiary/aromatic N) is 3. The maximum Gasteiger partial charge on any atom is 0.240 e. The van der Waals surface area contributed by atoms with Crippen molar-refractivity contribution in [2.75, 3.05) is 0 Å². The van der Waals surface area contributed by atoms with Gasteiger partial charge < -0.3 is 4.74 Å². The number of amides is 1. The van der Waals surface area contributed by atoms with E-state index in [0.717, 1.165) is 46.7 Å². The molecule has 6 heteroatoms. The van der Waals surface area contributed by atoms with E-state index < -0.39 is 0 Å². The van der Waals surface area contributed by atoms with Crippen LogP contribution in [-0.4, -0.2) is 21.9 Å². The van der Waals surface area contributed by atoms with E-state index in [2.05, 4.69) is 17.5 Å². The molecule has 1 amide bonds. The second-order valence-electron chi connectivity index (χ2n) is 10.4. The van der Waals surface area contributed by atoms with Crippen LogP contribution in [-0.2, 0) is 11.4 Å². The summed E-state index contributed by atoms with van der Waals surface area (Å²) in [5.41, 5.74) is 7.30. The Hall–Kier alpha value is -4.19. The first kappa shape index (κ1) is 29.8. The largest absolute Gasteiger partial charge is 0.489 e. The number of para-hydroxylation sites is 1. The molecule has 4 aromatic rings. The molecule has 4 rings (SSSR count). The number of unbranched alkanes of at least 4 members (excludes halogenated alkanes) is 8. The lowest BCUT2D eigenvalue weighted by Crippen LogP contribution is -2.16. The van der Waals surface area contributed by atoms with Gasteiger partial charge in [0.15, 0.2) is 0 Å². The number of hydrazone groups is 1. The van der Waals surface area contributed by atoms with Crippen LogP contribution in [0.2, 0.25) is 0 Å². The van der Waals surface area contributed by atoms with E-state index in [0.29, 0.717) is 13.0 Å². The van der Waals surface area contributed by atoms with E-state index in [1.54, 1.807) is 6.21 Å². The molecule has 0 radical (unpaired) electrons. The molecule has 0 fully saturated rings. The number of rotatable bonds is 17. The number of benzene rings is 3. The molecule has 0 bridgehead atoms. The van der Waals surface area contributed by atoms with Crippen LogP contribution in [0.4, 0.5) is 0 Å². The molecule has 0 aliphatic heterocycles. The van der Waals surface area contributed by atoms with Crippen LogP contribution < -0.4 is 10.2 Å². The Kier molecular flexibility index (Phi) is 12.2. The number of carbonyl (C=O) groups is 1. The summed E-state index contributed by atoms with van der Waals surface area (Å²) >= 11 is 0. The van der Waals surface area contributed by atoms with Crippen LogP contribution in [0, 0.1) is 0 Å². The second-order valence-corrected chi connectivity index (χ2v) is 10.4. The Morgan fingerprint density at radius 2 is 1.46 bits per heavy atom. The van der Waals surface area contributed by atoms with Gasteiger partial charge in [0.2, 0.25) is 5.91 Å². The minimum Gasteiger partial charge on any atom is -0.489 e. The molecule has 1 aromatic heterocycles. The van der Waals surface area contributed by atoms with Crippen molar-refractivity contribution in [2.45, 2.75) is 77.7 Å². The molecule has 0 aliphatic rings. The summed E-state index contributed by atoms with van der Waals surface area (Å²) in [6, 6.07) is 28.0. The third-order valence-electron chi connectivity index (χ3n) is 7.04. The molecule has 1 heterocycles. The van der Waals surface area contributed by atoms with Crippen LogP contribution in [0.25, 0.3) is 16.9 Å². The van der Waals surface area contributed by atoms with Crippen LogP contribution >= 0.6 is 0 Å². The molecule has 0 spiro atoms. The lowest BCUT2D eigenvalue weighted by atomic mass is 10.1. The Labute approximate surface area is 244 Å². The quantitative estimate of drug-likeness (QED) is 0.0814. The van der Waals surface area contributed by atoms with E-state index in [4.69, 9.17) is 9.84 Å². The molecule has 0 aliphatic carbocycles. The fourth-order valence-corrected chi connectivity index (χ4v) is 4.69. The van der Waals surface area contributed by atoms with Gasteiger partial charge in [-0.3, -0.25) is 4.79 Å². The maximum atomic E-state index is 12.4. The summed E-state index contributed by atoms with van der Waals surface area (Å²) < 4.78 is 7.79. The molecule has 3 aromatic carbocycles. The van der Waals surface area contributed by atoms with E-state index in [9.17, 15) is 4.79 Å². The van der Waals surface area contributed by atoms with Crippen LogP contribution in [0.15, 0.2) is 96.2 Å². The van der Waals surface area contributed by atoms with Crippen molar-refractivity contribution < 1.29 is 9.53 Å². The minimum atomic E-state index is -0.0545. The zero-order valence-corrected chi connectivity index (χ0v) is 24.2. The molecule has 0 unspecified atom stereocenters. The van der Waals surface area contributed by atoms with Crippen molar-refractivity contribution in [3.05, 3.63) is 102 Å². The van der Waals surface area contributed by atoms with Crippen molar-refractivity contribution in [3.63, 3.8) is 0 Å². The normalized spacial score (nSPS) is 11.1. The standard InChI is InChI=1S/C35H42N4O2/c1-2-3-4-5-6-7-8-9-16-21-34(40)37-36-26-31-27-39(32-19-14-11-15-20-32)38-35(31)30-22-24-33(25-23-30)41-28-29-17-12-10-13-18-29/h10-15,17-20,22-27H,2-9,16,21,28H2,1H3,(H,37,40)/b36-26-. The number of hydrogen-bond acceptors (Lipinski definition) is 4. The Balaban J connectivity index is 1.33. The van der Waals surface area contributed by atoms with Crippen molar-refractivity contribution in [2.24, 2.45) is 5.10 Å². The van der Waals surface area contributed by atoms with Crippen molar-refractivity contribution in [1.29, 1.82) is 0 Å². The summed E-state index contributed by atoms with van der Waals surface area (Å²) in [7, 11) is 0. The van der Waals surface area contributed by atoms with Gasteiger partial charge in [0, 0.05) is 23.7 Å². The number of nitrogens with one attached hydrogen (secondary N) is 1. The SMILES string of the molecule is CCCCCCCCCCCC(=O)N/N=C\c1cn(-c2ccccc2)nc1-c1ccc(OCc2ccccc2)cc1. The fraction of sp³-hybridized carbons (Fsp3) is 0.343. The highest BCUT2D eigenvalue weighted by Gasteiger charge is 2.12. The number of aromatic nitrogens is 2. The van der Waals surface area contributed by atoms with Gasteiger partial charge in [0.1, 0.15) is 18.1 Å². The molecule has 0 saturated heterocycles. The zero-order valence-electron chi connectivity index (χ0n) is 24.2. The first-order chi connectivity index (χ1) is 20.2. The second kappa shape index (κ2) is 16.8. The molecule has 1 N–H and O–H groups in total. The van der Waals surface area contributed by atoms with Gasteiger partial charge in [-0.1, -0.05) is 107 Å². The molecule has 41 heavy (non-hydrogen) atoms. The minimum absolute atomic E-state index is 0.0545. The van der Waals surface area contributed by atoms with Crippen LogP contribution in [0.5, 0.6) is 5.75 Å². The molecule has 214 valence electrons. The molecule has 0 atom stereocenters. The lowest BCUT2D eigenvalue weighted by Gasteiger charge is -2.07. The highest BCUT2D eigenvalue weighted by atomic mass is 16.5. The number of carbonyl (C=O) groups excluding carboxylic acids is 1. The highest BCUT2D eigenvalue weighted by Crippen LogP contribution is 2.25. The first-order valence-corrected chi connectivity index (χ1v) is 15.0. The molecule has 6 nitrogen and oxygen atoms in total. The smallest absolute Gasteiger partial charge is 0.240 e. The topological polar surface area (TPSA) is 68.5 Å². The average molecular weight is 551 g/mol. The summed E-state index contributed by atoms with van der Waals surface area (Å²) in [5, 5.41) is 9.11.